The first kappa shape index (κ1) is 17.0. The van der Waals surface area contributed by atoms with Gasteiger partial charge in [0.1, 0.15) is 16.4 Å². The Hall–Kier alpha value is -1.79. The summed E-state index contributed by atoms with van der Waals surface area (Å²) in [4.78, 5) is 32.4. The van der Waals surface area contributed by atoms with Crippen LogP contribution in [0.1, 0.15) is 43.8 Å². The molecule has 0 aliphatic carbocycles. The molecule has 0 fully saturated rings. The zero-order valence-corrected chi connectivity index (χ0v) is 15.9. The molecule has 0 bridgehead atoms. The van der Waals surface area contributed by atoms with Crippen molar-refractivity contribution in [1.29, 1.82) is 0 Å². The number of rotatable bonds is 5. The summed E-state index contributed by atoms with van der Waals surface area (Å²) in [6, 6.07) is 4.03. The van der Waals surface area contributed by atoms with Crippen molar-refractivity contribution < 1.29 is 4.79 Å². The number of Topliss-reactive ketones (excluding diaryl/α,β-unsaturated/α-hetero) is 1. The summed E-state index contributed by atoms with van der Waals surface area (Å²) in [5, 5.41) is 2.70. The van der Waals surface area contributed by atoms with Crippen LogP contribution in [0.5, 0.6) is 0 Å². The number of aromatic nitrogens is 2. The van der Waals surface area contributed by atoms with Crippen LogP contribution < -0.4 is 5.56 Å². The van der Waals surface area contributed by atoms with Gasteiger partial charge in [-0.05, 0) is 25.3 Å². The highest BCUT2D eigenvalue weighted by Gasteiger charge is 2.21. The van der Waals surface area contributed by atoms with Crippen LogP contribution in [0.25, 0.3) is 20.7 Å². The number of aryl methyl sites for hydroxylation is 1. The van der Waals surface area contributed by atoms with E-state index in [2.05, 4.69) is 0 Å². The third kappa shape index (κ3) is 2.96. The monoisotopic (exact) mass is 360 g/mol. The van der Waals surface area contributed by atoms with Gasteiger partial charge in [-0.1, -0.05) is 19.9 Å². The second-order valence-electron chi connectivity index (χ2n) is 6.22. The van der Waals surface area contributed by atoms with E-state index in [1.807, 2.05) is 38.3 Å². The predicted octanol–water partition coefficient (Wildman–Crippen LogP) is 4.60. The normalized spacial score (nSPS) is 11.5. The lowest BCUT2D eigenvalue weighted by molar-refractivity contribution is -0.117. The van der Waals surface area contributed by atoms with Crippen molar-refractivity contribution in [2.45, 2.75) is 46.6 Å². The third-order valence-electron chi connectivity index (χ3n) is 3.99. The highest BCUT2D eigenvalue weighted by atomic mass is 32.1. The van der Waals surface area contributed by atoms with E-state index in [4.69, 9.17) is 4.98 Å². The van der Waals surface area contributed by atoms with Gasteiger partial charge in [-0.15, -0.1) is 22.7 Å². The molecule has 3 heterocycles. The van der Waals surface area contributed by atoms with E-state index < -0.39 is 0 Å². The maximum atomic E-state index is 13.2. The number of carbonyl (C=O) groups is 1. The molecular formula is C18H20N2O2S2. The Balaban J connectivity index is 2.30. The van der Waals surface area contributed by atoms with Gasteiger partial charge in [-0.3, -0.25) is 14.2 Å². The van der Waals surface area contributed by atoms with Crippen LogP contribution in [0.15, 0.2) is 22.3 Å². The van der Waals surface area contributed by atoms with Crippen molar-refractivity contribution in [3.05, 3.63) is 38.6 Å². The highest BCUT2D eigenvalue weighted by molar-refractivity contribution is 7.20. The van der Waals surface area contributed by atoms with Crippen molar-refractivity contribution in [2.24, 2.45) is 0 Å². The van der Waals surface area contributed by atoms with E-state index in [1.54, 1.807) is 34.2 Å². The Bertz CT molecular complexity index is 950. The van der Waals surface area contributed by atoms with Gasteiger partial charge in [0, 0.05) is 34.2 Å². The molecule has 126 valence electrons. The van der Waals surface area contributed by atoms with Gasteiger partial charge in [0.15, 0.2) is 0 Å². The van der Waals surface area contributed by atoms with Crippen molar-refractivity contribution in [1.82, 2.24) is 9.55 Å². The Morgan fingerprint density at radius 2 is 2.12 bits per heavy atom. The van der Waals surface area contributed by atoms with E-state index in [1.165, 1.54) is 0 Å². The molecule has 0 saturated heterocycles. The van der Waals surface area contributed by atoms with Gasteiger partial charge in [0.2, 0.25) is 0 Å². The Labute approximate surface area is 148 Å². The molecule has 0 saturated carbocycles. The minimum Gasteiger partial charge on any atom is -0.300 e. The summed E-state index contributed by atoms with van der Waals surface area (Å²) in [6.07, 6.45) is 0.351. The number of hydrogen-bond acceptors (Lipinski definition) is 5. The molecule has 0 unspecified atom stereocenters. The summed E-state index contributed by atoms with van der Waals surface area (Å²) in [6.45, 7) is 8.04. The Morgan fingerprint density at radius 3 is 2.71 bits per heavy atom. The second kappa shape index (κ2) is 6.61. The van der Waals surface area contributed by atoms with Crippen LogP contribution >= 0.6 is 22.7 Å². The summed E-state index contributed by atoms with van der Waals surface area (Å²) in [5.41, 5.74) is 0.965. The van der Waals surface area contributed by atoms with E-state index >= 15 is 0 Å². The average Bonchev–Trinajstić information content (AvgIpc) is 3.12. The van der Waals surface area contributed by atoms with E-state index in [0.717, 1.165) is 26.0 Å². The molecule has 3 rings (SSSR count). The number of thiophene rings is 2. The minimum atomic E-state index is -0.0299. The fraction of sp³-hybridized carbons (Fsp3) is 0.389. The lowest BCUT2D eigenvalue weighted by atomic mass is 10.1. The first-order valence-corrected chi connectivity index (χ1v) is 9.67. The van der Waals surface area contributed by atoms with Gasteiger partial charge in [0.25, 0.3) is 5.56 Å². The molecular weight excluding hydrogens is 340 g/mol. The largest absolute Gasteiger partial charge is 0.300 e. The molecule has 0 aliphatic rings. The highest BCUT2D eigenvalue weighted by Crippen LogP contribution is 2.38. The number of ketones is 1. The molecule has 0 amide bonds. The molecule has 0 radical (unpaired) electrons. The van der Waals surface area contributed by atoms with Gasteiger partial charge >= 0.3 is 0 Å². The molecule has 0 N–H and O–H groups in total. The number of carbonyl (C=O) groups excluding carboxylic acids is 1. The lowest BCUT2D eigenvalue weighted by Crippen LogP contribution is -2.26. The third-order valence-corrected chi connectivity index (χ3v) is 5.88. The SMILES string of the molecule is CC(=O)CCn1c(C(C)C)nc2sc(C)c(-c3cccs3)c2c1=O. The van der Waals surface area contributed by atoms with Crippen LogP contribution in [-0.2, 0) is 11.3 Å². The van der Waals surface area contributed by atoms with Crippen LogP contribution in [0.4, 0.5) is 0 Å². The lowest BCUT2D eigenvalue weighted by Gasteiger charge is -2.14. The van der Waals surface area contributed by atoms with E-state index in [9.17, 15) is 9.59 Å². The van der Waals surface area contributed by atoms with Crippen molar-refractivity contribution in [3.8, 4) is 10.4 Å². The van der Waals surface area contributed by atoms with Gasteiger partial charge < -0.3 is 0 Å². The Morgan fingerprint density at radius 1 is 1.38 bits per heavy atom. The second-order valence-corrected chi connectivity index (χ2v) is 8.38. The van der Waals surface area contributed by atoms with E-state index in [0.29, 0.717) is 18.4 Å². The average molecular weight is 361 g/mol. The van der Waals surface area contributed by atoms with Crippen molar-refractivity contribution >= 4 is 38.7 Å². The fourth-order valence-corrected chi connectivity index (χ4v) is 4.79. The smallest absolute Gasteiger partial charge is 0.262 e. The van der Waals surface area contributed by atoms with Gasteiger partial charge in [0.05, 0.1) is 5.39 Å². The maximum Gasteiger partial charge on any atom is 0.262 e. The molecule has 0 atom stereocenters. The van der Waals surface area contributed by atoms with Gasteiger partial charge in [-0.2, -0.15) is 0 Å². The van der Waals surface area contributed by atoms with E-state index in [-0.39, 0.29) is 17.3 Å². The first-order valence-electron chi connectivity index (χ1n) is 7.97. The molecule has 0 aliphatic heterocycles. The zero-order valence-electron chi connectivity index (χ0n) is 14.3. The first-order chi connectivity index (χ1) is 11.4. The van der Waals surface area contributed by atoms with Crippen LogP contribution in [0, 0.1) is 6.92 Å². The number of nitrogens with zero attached hydrogens (tertiary/aromatic N) is 2. The Kier molecular flexibility index (Phi) is 4.69. The number of hydrogen-bond donors (Lipinski definition) is 0. The molecule has 6 heteroatoms. The summed E-state index contributed by atoms with van der Waals surface area (Å²) >= 11 is 3.20. The molecule has 4 nitrogen and oxygen atoms in total. The van der Waals surface area contributed by atoms with Crippen molar-refractivity contribution in [3.63, 3.8) is 0 Å². The van der Waals surface area contributed by atoms with Crippen LogP contribution in [0.2, 0.25) is 0 Å². The molecule has 0 spiro atoms. The maximum absolute atomic E-state index is 13.2. The van der Waals surface area contributed by atoms with Crippen LogP contribution in [-0.4, -0.2) is 15.3 Å². The zero-order chi connectivity index (χ0) is 17.4. The summed E-state index contributed by atoms with van der Waals surface area (Å²) in [7, 11) is 0. The van der Waals surface area contributed by atoms with Gasteiger partial charge in [-0.25, -0.2) is 4.98 Å². The topological polar surface area (TPSA) is 52.0 Å². The van der Waals surface area contributed by atoms with Crippen LogP contribution in [0.3, 0.4) is 0 Å². The molecule has 24 heavy (non-hydrogen) atoms. The molecule has 3 aromatic heterocycles. The number of fused-ring (bicyclic) bond motifs is 1. The standard InChI is InChI=1S/C18H20N2O2S2/c1-10(2)16-19-17-15(18(22)20(16)8-7-11(3)21)14(12(4)24-17)13-6-5-9-23-13/h5-6,9-10H,7-8H2,1-4H3. The summed E-state index contributed by atoms with van der Waals surface area (Å²) in [5.74, 6) is 0.964. The molecule has 0 aromatic carbocycles. The summed E-state index contributed by atoms with van der Waals surface area (Å²) < 4.78 is 1.69. The minimum absolute atomic E-state index is 0.0299. The predicted molar refractivity (Wildman–Crippen MR) is 101 cm³/mol. The fourth-order valence-electron chi connectivity index (χ4n) is 2.85. The quantitative estimate of drug-likeness (QED) is 0.668. The molecule has 3 aromatic rings. The van der Waals surface area contributed by atoms with Crippen molar-refractivity contribution in [2.75, 3.05) is 0 Å².